The van der Waals surface area contributed by atoms with Crippen LogP contribution in [0.1, 0.15) is 5.89 Å². The van der Waals surface area contributed by atoms with Gasteiger partial charge in [-0.2, -0.15) is 0 Å². The smallest absolute Gasteiger partial charge is 0.254 e. The van der Waals surface area contributed by atoms with Crippen LogP contribution < -0.4 is 4.74 Å². The van der Waals surface area contributed by atoms with Crippen LogP contribution in [-0.4, -0.2) is 10.2 Å². The summed E-state index contributed by atoms with van der Waals surface area (Å²) >= 11 is 11.9. The van der Waals surface area contributed by atoms with Crippen LogP contribution in [0.4, 0.5) is 4.39 Å². The molecule has 0 bridgehead atoms. The van der Waals surface area contributed by atoms with E-state index in [0.717, 1.165) is 0 Å². The summed E-state index contributed by atoms with van der Waals surface area (Å²) in [5.41, 5.74) is 0.641. The monoisotopic (exact) mass is 338 g/mol. The molecule has 0 saturated carbocycles. The van der Waals surface area contributed by atoms with E-state index in [1.165, 1.54) is 18.2 Å². The van der Waals surface area contributed by atoms with Crippen LogP contribution in [0.3, 0.4) is 0 Å². The lowest BCUT2D eigenvalue weighted by Crippen LogP contribution is -1.96. The molecule has 0 N–H and O–H groups in total. The molecule has 0 spiro atoms. The molecule has 0 atom stereocenters. The number of hydrogen-bond donors (Lipinski definition) is 0. The fourth-order valence-corrected chi connectivity index (χ4v) is 2.23. The van der Waals surface area contributed by atoms with Crippen molar-refractivity contribution < 1.29 is 13.5 Å². The third-order valence-electron chi connectivity index (χ3n) is 2.82. The van der Waals surface area contributed by atoms with E-state index in [9.17, 15) is 4.39 Å². The van der Waals surface area contributed by atoms with Crippen LogP contribution >= 0.6 is 23.2 Å². The Morgan fingerprint density at radius 1 is 1.05 bits per heavy atom. The van der Waals surface area contributed by atoms with E-state index in [2.05, 4.69) is 10.2 Å². The summed E-state index contributed by atoms with van der Waals surface area (Å²) in [6.07, 6.45) is 0. The van der Waals surface area contributed by atoms with Gasteiger partial charge in [-0.05, 0) is 30.3 Å². The molecule has 112 valence electrons. The van der Waals surface area contributed by atoms with E-state index >= 15 is 0 Å². The van der Waals surface area contributed by atoms with Gasteiger partial charge in [0.25, 0.3) is 5.89 Å². The Kier molecular flexibility index (Phi) is 4.27. The van der Waals surface area contributed by atoms with E-state index in [1.807, 2.05) is 12.1 Å². The number of benzene rings is 2. The Morgan fingerprint density at radius 2 is 1.86 bits per heavy atom. The van der Waals surface area contributed by atoms with Gasteiger partial charge < -0.3 is 9.15 Å². The predicted octanol–water partition coefficient (Wildman–Crippen LogP) is 4.76. The van der Waals surface area contributed by atoms with Gasteiger partial charge in [0.1, 0.15) is 11.6 Å². The molecule has 0 unspecified atom stereocenters. The lowest BCUT2D eigenvalue weighted by atomic mass is 10.2. The highest BCUT2D eigenvalue weighted by atomic mass is 35.5. The van der Waals surface area contributed by atoms with Gasteiger partial charge in [0.15, 0.2) is 6.61 Å². The summed E-state index contributed by atoms with van der Waals surface area (Å²) in [5.74, 6) is 0.460. The van der Waals surface area contributed by atoms with E-state index < -0.39 is 5.82 Å². The molecule has 7 heteroatoms. The van der Waals surface area contributed by atoms with E-state index in [0.29, 0.717) is 22.2 Å². The maximum Gasteiger partial charge on any atom is 0.254 e. The van der Waals surface area contributed by atoms with Crippen LogP contribution in [0.5, 0.6) is 5.75 Å². The summed E-state index contributed by atoms with van der Waals surface area (Å²) in [6.45, 7) is 0.0167. The molecule has 2 aromatic carbocycles. The highest BCUT2D eigenvalue weighted by Crippen LogP contribution is 2.28. The van der Waals surface area contributed by atoms with Crippen molar-refractivity contribution in [1.82, 2.24) is 10.2 Å². The van der Waals surface area contributed by atoms with Crippen LogP contribution in [0.25, 0.3) is 11.5 Å². The van der Waals surface area contributed by atoms with Crippen LogP contribution in [-0.2, 0) is 6.61 Å². The van der Waals surface area contributed by atoms with Crippen LogP contribution in [0.15, 0.2) is 46.9 Å². The lowest BCUT2D eigenvalue weighted by Gasteiger charge is -2.05. The summed E-state index contributed by atoms with van der Waals surface area (Å²) < 4.78 is 23.9. The van der Waals surface area contributed by atoms with Gasteiger partial charge in [0, 0.05) is 0 Å². The number of ether oxygens (including phenoxy) is 1. The highest BCUT2D eigenvalue weighted by Gasteiger charge is 2.12. The Morgan fingerprint density at radius 3 is 2.64 bits per heavy atom. The summed E-state index contributed by atoms with van der Waals surface area (Å²) in [6, 6.07) is 11.0. The quantitative estimate of drug-likeness (QED) is 0.687. The molecule has 3 aromatic rings. The van der Waals surface area contributed by atoms with Crippen molar-refractivity contribution in [3.63, 3.8) is 0 Å². The predicted molar refractivity (Wildman–Crippen MR) is 80.5 cm³/mol. The van der Waals surface area contributed by atoms with Crippen molar-refractivity contribution in [2.45, 2.75) is 6.61 Å². The zero-order valence-corrected chi connectivity index (χ0v) is 12.6. The van der Waals surface area contributed by atoms with E-state index in [4.69, 9.17) is 32.4 Å². The highest BCUT2D eigenvalue weighted by molar-refractivity contribution is 6.33. The van der Waals surface area contributed by atoms with Crippen LogP contribution in [0.2, 0.25) is 10.0 Å². The van der Waals surface area contributed by atoms with Gasteiger partial charge in [0.05, 0.1) is 15.6 Å². The molecule has 0 fully saturated rings. The molecule has 0 aliphatic rings. The first-order valence-corrected chi connectivity index (χ1v) is 7.04. The number of nitrogens with zero attached hydrogens (tertiary/aromatic N) is 2. The largest absolute Gasteiger partial charge is 0.482 e. The second-order valence-corrected chi connectivity index (χ2v) is 5.16. The van der Waals surface area contributed by atoms with Crippen LogP contribution in [0, 0.1) is 5.82 Å². The minimum atomic E-state index is -0.434. The van der Waals surface area contributed by atoms with Gasteiger partial charge in [0.2, 0.25) is 5.89 Å². The summed E-state index contributed by atoms with van der Waals surface area (Å²) in [7, 11) is 0. The van der Waals surface area contributed by atoms with E-state index in [-0.39, 0.29) is 17.5 Å². The second-order valence-electron chi connectivity index (χ2n) is 4.34. The summed E-state index contributed by atoms with van der Waals surface area (Å²) in [5, 5.41) is 8.49. The van der Waals surface area contributed by atoms with Crippen molar-refractivity contribution in [1.29, 1.82) is 0 Å². The second kappa shape index (κ2) is 6.34. The first-order chi connectivity index (χ1) is 10.6. The Hall–Kier alpha value is -2.11. The third-order valence-corrected chi connectivity index (χ3v) is 3.44. The number of halogens is 3. The van der Waals surface area contributed by atoms with Crippen molar-refractivity contribution in [2.75, 3.05) is 0 Å². The molecule has 3 rings (SSSR count). The van der Waals surface area contributed by atoms with Crippen molar-refractivity contribution in [2.24, 2.45) is 0 Å². The first kappa shape index (κ1) is 14.8. The van der Waals surface area contributed by atoms with Gasteiger partial charge in [-0.1, -0.05) is 35.3 Å². The van der Waals surface area contributed by atoms with Crippen molar-refractivity contribution in [3.8, 4) is 17.2 Å². The molecule has 0 aliphatic carbocycles. The van der Waals surface area contributed by atoms with E-state index in [1.54, 1.807) is 12.1 Å². The molecular weight excluding hydrogens is 330 g/mol. The SMILES string of the molecule is Fc1ccc(OCc2nnc(-c3ccccc3Cl)o2)c(Cl)c1. The van der Waals surface area contributed by atoms with Crippen molar-refractivity contribution >= 4 is 23.2 Å². The van der Waals surface area contributed by atoms with Gasteiger partial charge >= 0.3 is 0 Å². The molecule has 1 heterocycles. The molecular formula is C15H9Cl2FN2O2. The van der Waals surface area contributed by atoms with Gasteiger partial charge in [-0.3, -0.25) is 0 Å². The Bertz CT molecular complexity index is 808. The fourth-order valence-electron chi connectivity index (χ4n) is 1.79. The Labute approximate surface area is 135 Å². The average Bonchev–Trinajstić information content (AvgIpc) is 2.95. The molecule has 22 heavy (non-hydrogen) atoms. The minimum Gasteiger partial charge on any atom is -0.482 e. The van der Waals surface area contributed by atoms with Gasteiger partial charge in [-0.25, -0.2) is 4.39 Å². The number of rotatable bonds is 4. The Balaban J connectivity index is 1.74. The standard InChI is InChI=1S/C15H9Cl2FN2O2/c16-11-4-2-1-3-10(11)15-20-19-14(22-15)8-21-13-6-5-9(18)7-12(13)17/h1-7H,8H2. The average molecular weight is 339 g/mol. The zero-order chi connectivity index (χ0) is 15.5. The first-order valence-electron chi connectivity index (χ1n) is 6.28. The number of aromatic nitrogens is 2. The topological polar surface area (TPSA) is 48.2 Å². The molecule has 1 aromatic heterocycles. The zero-order valence-electron chi connectivity index (χ0n) is 11.1. The maximum atomic E-state index is 12.9. The third kappa shape index (κ3) is 3.21. The lowest BCUT2D eigenvalue weighted by molar-refractivity contribution is 0.264. The number of hydrogen-bond acceptors (Lipinski definition) is 4. The molecule has 0 aliphatic heterocycles. The van der Waals surface area contributed by atoms with Gasteiger partial charge in [-0.15, -0.1) is 10.2 Å². The molecule has 4 nitrogen and oxygen atoms in total. The normalized spacial score (nSPS) is 10.7. The molecule has 0 amide bonds. The molecule has 0 saturated heterocycles. The fraction of sp³-hybridized carbons (Fsp3) is 0.0667. The maximum absolute atomic E-state index is 12.9. The molecule has 0 radical (unpaired) electrons. The summed E-state index contributed by atoms with van der Waals surface area (Å²) in [4.78, 5) is 0. The minimum absolute atomic E-state index is 0.0167. The van der Waals surface area contributed by atoms with Crippen molar-refractivity contribution in [3.05, 3.63) is 64.2 Å².